The van der Waals surface area contributed by atoms with E-state index in [1.54, 1.807) is 11.3 Å². The molecule has 2 aliphatic rings. The number of aliphatic hydroxyl groups is 1. The first kappa shape index (κ1) is 21.1. The number of aromatic nitrogens is 2. The molecule has 3 heterocycles. The van der Waals surface area contributed by atoms with Crippen LogP contribution in [-0.4, -0.2) is 46.9 Å². The molecule has 1 aliphatic carbocycles. The number of benzene rings is 1. The van der Waals surface area contributed by atoms with E-state index in [-0.39, 0.29) is 12.1 Å². The third kappa shape index (κ3) is 4.31. The van der Waals surface area contributed by atoms with E-state index in [9.17, 15) is 5.11 Å². The van der Waals surface area contributed by atoms with Gasteiger partial charge in [-0.2, -0.15) is 4.98 Å². The fraction of sp³-hybridized carbons (Fsp3) is 0.500. The molecule has 2 aromatic heterocycles. The Balaban J connectivity index is 1.33. The molecule has 31 heavy (non-hydrogen) atoms. The maximum Gasteiger partial charge on any atom is 0.225 e. The topological polar surface area (TPSA) is 61.3 Å². The van der Waals surface area contributed by atoms with Crippen LogP contribution in [0.3, 0.4) is 0 Å². The van der Waals surface area contributed by atoms with Gasteiger partial charge in [-0.3, -0.25) is 0 Å². The average molecular weight is 457 g/mol. The van der Waals surface area contributed by atoms with Gasteiger partial charge in [0, 0.05) is 29.6 Å². The quantitative estimate of drug-likeness (QED) is 0.504. The minimum absolute atomic E-state index is 0.0370. The van der Waals surface area contributed by atoms with E-state index in [1.165, 1.54) is 24.0 Å². The third-order valence-corrected chi connectivity index (χ3v) is 8.06. The molecule has 2 fully saturated rings. The number of rotatable bonds is 6. The summed E-state index contributed by atoms with van der Waals surface area (Å²) in [6, 6.07) is 10.4. The molecule has 5 nitrogen and oxygen atoms in total. The second-order valence-electron chi connectivity index (χ2n) is 8.97. The van der Waals surface area contributed by atoms with Crippen molar-refractivity contribution >= 4 is 39.0 Å². The van der Waals surface area contributed by atoms with Gasteiger partial charge in [-0.1, -0.05) is 43.2 Å². The summed E-state index contributed by atoms with van der Waals surface area (Å²) < 4.78 is 0. The summed E-state index contributed by atoms with van der Waals surface area (Å²) in [5.74, 6) is 1.59. The minimum Gasteiger partial charge on any atom is -0.394 e. The van der Waals surface area contributed by atoms with Gasteiger partial charge in [0.2, 0.25) is 5.28 Å². The van der Waals surface area contributed by atoms with Crippen LogP contribution in [0.25, 0.3) is 21.3 Å². The molecule has 2 N–H and O–H groups in total. The van der Waals surface area contributed by atoms with Crippen LogP contribution in [0.15, 0.2) is 35.7 Å². The van der Waals surface area contributed by atoms with Crippen LogP contribution in [0, 0.1) is 5.92 Å². The van der Waals surface area contributed by atoms with Crippen LogP contribution in [-0.2, 0) is 0 Å². The van der Waals surface area contributed by atoms with Crippen molar-refractivity contribution in [2.45, 2.75) is 44.1 Å². The highest BCUT2D eigenvalue weighted by molar-refractivity contribution is 7.17. The van der Waals surface area contributed by atoms with Crippen molar-refractivity contribution in [3.63, 3.8) is 0 Å². The Morgan fingerprint density at radius 2 is 1.87 bits per heavy atom. The molecule has 5 rings (SSSR count). The first-order valence-electron chi connectivity index (χ1n) is 11.3. The van der Waals surface area contributed by atoms with E-state index in [2.05, 4.69) is 49.8 Å². The predicted molar refractivity (Wildman–Crippen MR) is 129 cm³/mol. The van der Waals surface area contributed by atoms with E-state index in [0.29, 0.717) is 11.2 Å². The van der Waals surface area contributed by atoms with E-state index in [4.69, 9.17) is 11.6 Å². The molecule has 164 valence electrons. The van der Waals surface area contributed by atoms with Crippen LogP contribution in [0.4, 0.5) is 5.82 Å². The van der Waals surface area contributed by atoms with Gasteiger partial charge in [-0.05, 0) is 55.3 Å². The molecular weight excluding hydrogens is 428 g/mol. The first-order valence-corrected chi connectivity index (χ1v) is 12.5. The normalized spacial score (nSPS) is 19.4. The molecule has 0 spiro atoms. The highest BCUT2D eigenvalue weighted by atomic mass is 35.5. The summed E-state index contributed by atoms with van der Waals surface area (Å²) in [6.07, 6.45) is 6.87. The lowest BCUT2D eigenvalue weighted by Crippen LogP contribution is -2.49. The van der Waals surface area contributed by atoms with Gasteiger partial charge in [0.25, 0.3) is 0 Å². The fourth-order valence-corrected chi connectivity index (χ4v) is 6.27. The van der Waals surface area contributed by atoms with Gasteiger partial charge in [-0.15, -0.1) is 11.3 Å². The second kappa shape index (κ2) is 9.02. The number of thiophene rings is 1. The molecule has 1 saturated carbocycles. The summed E-state index contributed by atoms with van der Waals surface area (Å²) in [5.41, 5.74) is 2.33. The van der Waals surface area contributed by atoms with Crippen LogP contribution in [0.5, 0.6) is 0 Å². The maximum atomic E-state index is 9.87. The summed E-state index contributed by atoms with van der Waals surface area (Å²) in [5, 5.41) is 17.2. The Bertz CT molecular complexity index is 1030. The first-order chi connectivity index (χ1) is 15.2. The van der Waals surface area contributed by atoms with Gasteiger partial charge in [0.05, 0.1) is 12.0 Å². The summed E-state index contributed by atoms with van der Waals surface area (Å²) >= 11 is 7.93. The number of nitrogens with zero attached hydrogens (tertiary/aromatic N) is 3. The van der Waals surface area contributed by atoms with E-state index >= 15 is 0 Å². The lowest BCUT2D eigenvalue weighted by molar-refractivity contribution is 0.156. The molecule has 0 amide bonds. The monoisotopic (exact) mass is 456 g/mol. The Morgan fingerprint density at radius 3 is 2.58 bits per heavy atom. The summed E-state index contributed by atoms with van der Waals surface area (Å²) in [7, 11) is 0. The van der Waals surface area contributed by atoms with Gasteiger partial charge in [0.15, 0.2) is 0 Å². The Labute approximate surface area is 192 Å². The molecule has 3 aromatic rings. The zero-order valence-electron chi connectivity index (χ0n) is 17.7. The molecule has 7 heteroatoms. The molecule has 0 bridgehead atoms. The van der Waals surface area contributed by atoms with Crippen molar-refractivity contribution in [2.24, 2.45) is 5.92 Å². The van der Waals surface area contributed by atoms with Crippen LogP contribution >= 0.6 is 22.9 Å². The molecule has 0 unspecified atom stereocenters. The lowest BCUT2D eigenvalue weighted by Gasteiger charge is -2.36. The lowest BCUT2D eigenvalue weighted by atomic mass is 9.93. The largest absolute Gasteiger partial charge is 0.394 e. The minimum atomic E-state index is -0.0370. The van der Waals surface area contributed by atoms with Gasteiger partial charge in [-0.25, -0.2) is 4.98 Å². The van der Waals surface area contributed by atoms with E-state index in [0.717, 1.165) is 61.4 Å². The number of anilines is 1. The number of piperidine rings is 1. The van der Waals surface area contributed by atoms with E-state index < -0.39 is 0 Å². The molecular formula is C24H29ClN4OS. The van der Waals surface area contributed by atoms with Crippen LogP contribution < -0.4 is 10.2 Å². The Hall–Kier alpha value is -1.73. The average Bonchev–Trinajstić information content (AvgIpc) is 3.46. The third-order valence-electron chi connectivity index (χ3n) is 7.02. The summed E-state index contributed by atoms with van der Waals surface area (Å²) in [4.78, 5) is 12.5. The number of halogens is 1. The van der Waals surface area contributed by atoms with Crippen molar-refractivity contribution in [3.05, 3.63) is 41.0 Å². The molecule has 0 atom stereocenters. The Morgan fingerprint density at radius 1 is 1.13 bits per heavy atom. The molecule has 0 radical (unpaired) electrons. The summed E-state index contributed by atoms with van der Waals surface area (Å²) in [6.45, 7) is 3.17. The molecule has 1 saturated heterocycles. The SMILES string of the molecule is OCC1(NCC2CCN(c3nc(Cl)nc4scc(-c5ccccc5)c34)CC2)CCCC1. The highest BCUT2D eigenvalue weighted by Gasteiger charge is 2.33. The van der Waals surface area contributed by atoms with Gasteiger partial charge >= 0.3 is 0 Å². The standard InChI is InChI=1S/C24H29ClN4OS/c25-23-27-21(20-19(15-31-22(20)28-23)18-6-2-1-3-7-18)29-12-8-17(9-13-29)14-26-24(16-30)10-4-5-11-24/h1-3,6-7,15,17,26,30H,4-5,8-14,16H2. The van der Waals surface area contributed by atoms with Crippen molar-refractivity contribution in [3.8, 4) is 11.1 Å². The van der Waals surface area contributed by atoms with Crippen LogP contribution in [0.2, 0.25) is 5.28 Å². The smallest absolute Gasteiger partial charge is 0.225 e. The molecule has 1 aromatic carbocycles. The zero-order valence-corrected chi connectivity index (χ0v) is 19.3. The highest BCUT2D eigenvalue weighted by Crippen LogP contribution is 2.40. The van der Waals surface area contributed by atoms with Gasteiger partial charge in [0.1, 0.15) is 10.6 Å². The van der Waals surface area contributed by atoms with Crippen molar-refractivity contribution in [1.29, 1.82) is 0 Å². The Kier molecular flexibility index (Phi) is 6.15. The number of hydrogen-bond acceptors (Lipinski definition) is 6. The number of hydrogen-bond donors (Lipinski definition) is 2. The van der Waals surface area contributed by atoms with Crippen LogP contribution in [0.1, 0.15) is 38.5 Å². The van der Waals surface area contributed by atoms with Crippen molar-refractivity contribution in [1.82, 2.24) is 15.3 Å². The number of nitrogens with one attached hydrogen (secondary N) is 1. The van der Waals surface area contributed by atoms with E-state index in [1.807, 2.05) is 6.07 Å². The van der Waals surface area contributed by atoms with Crippen molar-refractivity contribution < 1.29 is 5.11 Å². The predicted octanol–water partition coefficient (Wildman–Crippen LogP) is 5.12. The maximum absolute atomic E-state index is 9.87. The zero-order chi connectivity index (χ0) is 21.3. The van der Waals surface area contributed by atoms with Crippen molar-refractivity contribution in [2.75, 3.05) is 31.1 Å². The molecule has 1 aliphatic heterocycles. The van der Waals surface area contributed by atoms with Gasteiger partial charge < -0.3 is 15.3 Å². The second-order valence-corrected chi connectivity index (χ2v) is 10.2. The fourth-order valence-electron chi connectivity index (χ4n) is 5.11. The number of aliphatic hydroxyl groups excluding tert-OH is 1. The number of fused-ring (bicyclic) bond motifs is 1.